The van der Waals surface area contributed by atoms with E-state index in [2.05, 4.69) is 6.58 Å². The zero-order valence-electron chi connectivity index (χ0n) is 7.50. The molecule has 0 bridgehead atoms. The lowest BCUT2D eigenvalue weighted by atomic mass is 10.1. The molecule has 0 spiro atoms. The van der Waals surface area contributed by atoms with Crippen molar-refractivity contribution in [2.24, 2.45) is 0 Å². The number of likely N-dealkylation sites (N-methyl/N-ethyl adjacent to an activating group) is 1. The number of hydrogen-bond donors (Lipinski definition) is 0. The van der Waals surface area contributed by atoms with Gasteiger partial charge in [0.05, 0.1) is 0 Å². The third-order valence-corrected chi connectivity index (χ3v) is 1.90. The lowest BCUT2D eigenvalue weighted by Crippen LogP contribution is -2.21. The first-order valence-electron chi connectivity index (χ1n) is 3.94. The molecule has 1 aliphatic rings. The van der Waals surface area contributed by atoms with Crippen LogP contribution in [-0.4, -0.2) is 24.4 Å². The zero-order valence-corrected chi connectivity index (χ0v) is 7.50. The summed E-state index contributed by atoms with van der Waals surface area (Å²) in [7, 11) is 1.79. The fourth-order valence-electron chi connectivity index (χ4n) is 1.32. The number of carbonyl (C=O) groups is 1. The van der Waals surface area contributed by atoms with E-state index in [0.717, 1.165) is 11.1 Å². The van der Waals surface area contributed by atoms with E-state index < -0.39 is 0 Å². The van der Waals surface area contributed by atoms with Crippen molar-refractivity contribution in [2.45, 2.75) is 6.92 Å². The van der Waals surface area contributed by atoms with Crippen molar-refractivity contribution in [2.75, 3.05) is 13.6 Å². The molecule has 0 aromatic rings. The summed E-state index contributed by atoms with van der Waals surface area (Å²) >= 11 is 0. The van der Waals surface area contributed by atoms with Gasteiger partial charge in [0.1, 0.15) is 0 Å². The molecule has 0 unspecified atom stereocenters. The minimum absolute atomic E-state index is 0.0677. The van der Waals surface area contributed by atoms with Gasteiger partial charge in [0.2, 0.25) is 0 Å². The molecule has 1 rings (SSSR count). The average molecular weight is 163 g/mol. The number of amides is 1. The highest BCUT2D eigenvalue weighted by atomic mass is 16.2. The Balaban J connectivity index is 3.01. The second-order valence-electron chi connectivity index (χ2n) is 2.80. The number of nitrogens with zero attached hydrogens (tertiary/aromatic N) is 1. The molecule has 64 valence electrons. The van der Waals surface area contributed by atoms with E-state index in [9.17, 15) is 4.79 Å². The molecular formula is C10H13NO. The highest BCUT2D eigenvalue weighted by molar-refractivity contribution is 6.00. The van der Waals surface area contributed by atoms with Crippen molar-refractivity contribution in [3.63, 3.8) is 0 Å². The van der Waals surface area contributed by atoms with Gasteiger partial charge in [0.15, 0.2) is 0 Å². The maximum Gasteiger partial charge on any atom is 0.254 e. The van der Waals surface area contributed by atoms with Gasteiger partial charge >= 0.3 is 0 Å². The Morgan fingerprint density at radius 3 is 2.75 bits per heavy atom. The van der Waals surface area contributed by atoms with Gasteiger partial charge in [-0.05, 0) is 12.5 Å². The quantitative estimate of drug-likeness (QED) is 0.604. The third kappa shape index (κ3) is 1.33. The van der Waals surface area contributed by atoms with E-state index in [1.54, 1.807) is 18.0 Å². The molecule has 0 aliphatic carbocycles. The lowest BCUT2D eigenvalue weighted by Gasteiger charge is -2.06. The zero-order chi connectivity index (χ0) is 9.14. The first kappa shape index (κ1) is 8.78. The molecule has 12 heavy (non-hydrogen) atoms. The van der Waals surface area contributed by atoms with E-state index in [-0.39, 0.29) is 5.91 Å². The van der Waals surface area contributed by atoms with Crippen molar-refractivity contribution in [3.8, 4) is 0 Å². The molecule has 1 amide bonds. The number of hydrogen-bond acceptors (Lipinski definition) is 1. The summed E-state index contributed by atoms with van der Waals surface area (Å²) in [6.45, 7) is 6.26. The Morgan fingerprint density at radius 1 is 1.58 bits per heavy atom. The smallest absolute Gasteiger partial charge is 0.254 e. The number of allylic oxidation sites excluding steroid dienone is 1. The van der Waals surface area contributed by atoms with E-state index in [1.807, 2.05) is 19.1 Å². The SMILES string of the molecule is C=CC1=C(/C=C\C)CN(C)C1=O. The molecule has 0 N–H and O–H groups in total. The standard InChI is InChI=1S/C10H13NO/c1-4-6-8-7-11(3)10(12)9(8)5-2/h4-6H,2,7H2,1,3H3/b6-4-. The van der Waals surface area contributed by atoms with Crippen LogP contribution < -0.4 is 0 Å². The molecule has 2 heteroatoms. The summed E-state index contributed by atoms with van der Waals surface area (Å²) in [6, 6.07) is 0. The maximum absolute atomic E-state index is 11.4. The normalized spacial score (nSPS) is 18.2. The van der Waals surface area contributed by atoms with E-state index in [0.29, 0.717) is 6.54 Å². The fraction of sp³-hybridized carbons (Fsp3) is 0.300. The van der Waals surface area contributed by atoms with E-state index in [4.69, 9.17) is 0 Å². The van der Waals surface area contributed by atoms with Gasteiger partial charge in [-0.3, -0.25) is 4.79 Å². The predicted molar refractivity (Wildman–Crippen MR) is 49.7 cm³/mol. The second kappa shape index (κ2) is 3.39. The summed E-state index contributed by atoms with van der Waals surface area (Å²) in [4.78, 5) is 13.1. The Kier molecular flexibility index (Phi) is 2.48. The van der Waals surface area contributed by atoms with Gasteiger partial charge in [0.25, 0.3) is 5.91 Å². The lowest BCUT2D eigenvalue weighted by molar-refractivity contribution is -0.124. The van der Waals surface area contributed by atoms with Crippen LogP contribution in [0.4, 0.5) is 0 Å². The number of rotatable bonds is 2. The van der Waals surface area contributed by atoms with Crippen molar-refractivity contribution < 1.29 is 4.79 Å². The number of carbonyl (C=O) groups excluding carboxylic acids is 1. The minimum Gasteiger partial charge on any atom is -0.337 e. The van der Waals surface area contributed by atoms with E-state index >= 15 is 0 Å². The van der Waals surface area contributed by atoms with Gasteiger partial charge < -0.3 is 4.90 Å². The van der Waals surface area contributed by atoms with Crippen LogP contribution in [0.1, 0.15) is 6.92 Å². The highest BCUT2D eigenvalue weighted by Gasteiger charge is 2.23. The molecule has 1 heterocycles. The van der Waals surface area contributed by atoms with Crippen molar-refractivity contribution in [1.29, 1.82) is 0 Å². The molecule has 1 aliphatic heterocycles. The predicted octanol–water partition coefficient (Wildman–Crippen LogP) is 1.52. The minimum atomic E-state index is 0.0677. The second-order valence-corrected chi connectivity index (χ2v) is 2.80. The van der Waals surface area contributed by atoms with Gasteiger partial charge in [0, 0.05) is 19.2 Å². The van der Waals surface area contributed by atoms with Crippen LogP contribution in [0.3, 0.4) is 0 Å². The Morgan fingerprint density at radius 2 is 2.25 bits per heavy atom. The van der Waals surface area contributed by atoms with Crippen LogP contribution in [0.15, 0.2) is 36.0 Å². The van der Waals surface area contributed by atoms with Crippen LogP contribution in [0, 0.1) is 0 Å². The molecular weight excluding hydrogens is 150 g/mol. The molecule has 0 aromatic heterocycles. The molecule has 0 aromatic carbocycles. The van der Waals surface area contributed by atoms with Gasteiger partial charge in [-0.1, -0.05) is 24.8 Å². The van der Waals surface area contributed by atoms with Crippen LogP contribution in [0.2, 0.25) is 0 Å². The largest absolute Gasteiger partial charge is 0.337 e. The summed E-state index contributed by atoms with van der Waals surface area (Å²) in [5.41, 5.74) is 1.79. The highest BCUT2D eigenvalue weighted by Crippen LogP contribution is 2.19. The van der Waals surface area contributed by atoms with Crippen LogP contribution in [-0.2, 0) is 4.79 Å². The average Bonchev–Trinajstić information content (AvgIpc) is 2.29. The fourth-order valence-corrected chi connectivity index (χ4v) is 1.32. The molecule has 0 atom stereocenters. The van der Waals surface area contributed by atoms with Crippen LogP contribution in [0.25, 0.3) is 0 Å². The third-order valence-electron chi connectivity index (χ3n) is 1.90. The van der Waals surface area contributed by atoms with Gasteiger partial charge in [-0.25, -0.2) is 0 Å². The molecule has 0 radical (unpaired) electrons. The van der Waals surface area contributed by atoms with Gasteiger partial charge in [-0.15, -0.1) is 0 Å². The Labute approximate surface area is 72.9 Å². The topological polar surface area (TPSA) is 20.3 Å². The monoisotopic (exact) mass is 163 g/mol. The summed E-state index contributed by atoms with van der Waals surface area (Å²) in [5.74, 6) is 0.0677. The van der Waals surface area contributed by atoms with Crippen molar-refractivity contribution in [1.82, 2.24) is 4.90 Å². The Bertz CT molecular complexity index is 274. The van der Waals surface area contributed by atoms with Crippen molar-refractivity contribution in [3.05, 3.63) is 36.0 Å². The molecule has 0 saturated heterocycles. The Hall–Kier alpha value is -1.31. The van der Waals surface area contributed by atoms with Crippen molar-refractivity contribution >= 4 is 5.91 Å². The van der Waals surface area contributed by atoms with Gasteiger partial charge in [-0.2, -0.15) is 0 Å². The van der Waals surface area contributed by atoms with E-state index in [1.165, 1.54) is 0 Å². The summed E-state index contributed by atoms with van der Waals surface area (Å²) < 4.78 is 0. The first-order chi connectivity index (χ1) is 5.70. The summed E-state index contributed by atoms with van der Waals surface area (Å²) in [5, 5.41) is 0. The maximum atomic E-state index is 11.4. The molecule has 0 fully saturated rings. The van der Waals surface area contributed by atoms with Crippen LogP contribution in [0.5, 0.6) is 0 Å². The first-order valence-corrected chi connectivity index (χ1v) is 3.94. The summed E-state index contributed by atoms with van der Waals surface area (Å²) in [6.07, 6.45) is 5.52. The molecule has 0 saturated carbocycles. The molecule has 2 nitrogen and oxygen atoms in total. The van der Waals surface area contributed by atoms with Crippen LogP contribution >= 0.6 is 0 Å².